The SMILES string of the molecule is COc1cc2c(Oc3ccccc3)ccnc2cc1OS(=O)(=O)O. The molecule has 0 radical (unpaired) electrons. The minimum Gasteiger partial charge on any atom is -0.493 e. The minimum absolute atomic E-state index is 0.117. The number of methoxy groups -OCH3 is 1. The Morgan fingerprint density at radius 3 is 2.42 bits per heavy atom. The summed E-state index contributed by atoms with van der Waals surface area (Å²) in [5.41, 5.74) is 0.419. The van der Waals surface area contributed by atoms with E-state index in [2.05, 4.69) is 9.17 Å². The van der Waals surface area contributed by atoms with Crippen molar-refractivity contribution in [2.45, 2.75) is 0 Å². The van der Waals surface area contributed by atoms with Gasteiger partial charge in [-0.3, -0.25) is 9.54 Å². The van der Waals surface area contributed by atoms with Crippen molar-refractivity contribution in [2.75, 3.05) is 7.11 Å². The smallest absolute Gasteiger partial charge is 0.446 e. The molecule has 7 nitrogen and oxygen atoms in total. The highest BCUT2D eigenvalue weighted by Crippen LogP contribution is 2.37. The van der Waals surface area contributed by atoms with Crippen molar-refractivity contribution < 1.29 is 26.6 Å². The number of rotatable bonds is 5. The average Bonchev–Trinajstić information content (AvgIpc) is 2.54. The summed E-state index contributed by atoms with van der Waals surface area (Å²) in [6, 6.07) is 13.7. The molecule has 0 aliphatic carbocycles. The van der Waals surface area contributed by atoms with E-state index in [1.807, 2.05) is 18.2 Å². The molecular weight excluding hydrogens is 334 g/mol. The molecule has 1 N–H and O–H groups in total. The van der Waals surface area contributed by atoms with E-state index in [0.29, 0.717) is 22.4 Å². The first kappa shape index (κ1) is 16.0. The Kier molecular flexibility index (Phi) is 4.24. The predicted molar refractivity (Wildman–Crippen MR) is 87.0 cm³/mol. The Labute approximate surface area is 138 Å². The standard InChI is InChI=1S/C16H13NO6S/c1-21-15-9-12-13(10-16(15)23-24(18,19)20)17-8-7-14(12)22-11-5-3-2-4-6-11/h2-10H,1H3,(H,18,19,20). The summed E-state index contributed by atoms with van der Waals surface area (Å²) >= 11 is 0. The van der Waals surface area contributed by atoms with Crippen LogP contribution >= 0.6 is 0 Å². The van der Waals surface area contributed by atoms with Crippen LogP contribution in [0.5, 0.6) is 23.0 Å². The normalized spacial score (nSPS) is 11.2. The lowest BCUT2D eigenvalue weighted by Gasteiger charge is -2.12. The Morgan fingerprint density at radius 2 is 1.75 bits per heavy atom. The zero-order chi connectivity index (χ0) is 17.2. The number of fused-ring (bicyclic) bond motifs is 1. The van der Waals surface area contributed by atoms with Crippen LogP contribution in [-0.4, -0.2) is 25.1 Å². The number of ether oxygens (including phenoxy) is 2. The molecule has 0 amide bonds. The summed E-state index contributed by atoms with van der Waals surface area (Å²) < 4.78 is 46.2. The van der Waals surface area contributed by atoms with Crippen LogP contribution in [0.15, 0.2) is 54.7 Å². The third-order valence-corrected chi connectivity index (χ3v) is 3.54. The molecule has 8 heteroatoms. The van der Waals surface area contributed by atoms with Gasteiger partial charge in [0, 0.05) is 17.6 Å². The molecule has 0 fully saturated rings. The summed E-state index contributed by atoms with van der Waals surface area (Å²) in [6.07, 6.45) is 1.52. The van der Waals surface area contributed by atoms with Gasteiger partial charge in [-0.2, -0.15) is 8.42 Å². The zero-order valence-electron chi connectivity index (χ0n) is 12.5. The van der Waals surface area contributed by atoms with E-state index in [1.54, 1.807) is 18.2 Å². The fourth-order valence-electron chi connectivity index (χ4n) is 2.17. The number of benzene rings is 2. The van der Waals surface area contributed by atoms with Crippen molar-refractivity contribution in [1.29, 1.82) is 0 Å². The van der Waals surface area contributed by atoms with E-state index in [4.69, 9.17) is 14.0 Å². The molecule has 0 aliphatic rings. The van der Waals surface area contributed by atoms with E-state index in [9.17, 15) is 8.42 Å². The number of hydrogen-bond donors (Lipinski definition) is 1. The van der Waals surface area contributed by atoms with Gasteiger partial charge >= 0.3 is 10.4 Å². The maximum Gasteiger partial charge on any atom is 0.446 e. The molecule has 124 valence electrons. The fraction of sp³-hybridized carbons (Fsp3) is 0.0625. The Morgan fingerprint density at radius 1 is 1.00 bits per heavy atom. The van der Waals surface area contributed by atoms with Gasteiger partial charge < -0.3 is 13.7 Å². The Hall–Kier alpha value is -2.84. The van der Waals surface area contributed by atoms with Crippen molar-refractivity contribution in [3.63, 3.8) is 0 Å². The van der Waals surface area contributed by atoms with Crippen molar-refractivity contribution in [3.05, 3.63) is 54.7 Å². The highest BCUT2D eigenvalue weighted by molar-refractivity contribution is 7.81. The topological polar surface area (TPSA) is 95.0 Å². The van der Waals surface area contributed by atoms with Crippen LogP contribution in [0.2, 0.25) is 0 Å². The van der Waals surface area contributed by atoms with E-state index in [0.717, 1.165) is 0 Å². The van der Waals surface area contributed by atoms with Crippen LogP contribution in [0, 0.1) is 0 Å². The van der Waals surface area contributed by atoms with E-state index in [-0.39, 0.29) is 11.5 Å². The van der Waals surface area contributed by atoms with Crippen molar-refractivity contribution in [1.82, 2.24) is 4.98 Å². The first-order valence-electron chi connectivity index (χ1n) is 6.83. The van der Waals surface area contributed by atoms with Gasteiger partial charge in [-0.1, -0.05) is 18.2 Å². The van der Waals surface area contributed by atoms with E-state index in [1.165, 1.54) is 25.4 Å². The number of para-hydroxylation sites is 1. The molecule has 1 heterocycles. The van der Waals surface area contributed by atoms with Gasteiger partial charge in [-0.15, -0.1) is 0 Å². The monoisotopic (exact) mass is 347 g/mol. The summed E-state index contributed by atoms with van der Waals surface area (Å²) in [4.78, 5) is 4.16. The number of aromatic nitrogens is 1. The molecule has 0 bridgehead atoms. The van der Waals surface area contributed by atoms with Gasteiger partial charge in [0.2, 0.25) is 0 Å². The highest BCUT2D eigenvalue weighted by atomic mass is 32.3. The number of nitrogens with zero attached hydrogens (tertiary/aromatic N) is 1. The molecule has 24 heavy (non-hydrogen) atoms. The van der Waals surface area contributed by atoms with Gasteiger partial charge in [0.1, 0.15) is 11.5 Å². The molecule has 0 aliphatic heterocycles. The lowest BCUT2D eigenvalue weighted by atomic mass is 10.2. The number of pyridine rings is 1. The second-order valence-corrected chi connectivity index (χ2v) is 5.78. The minimum atomic E-state index is -4.68. The quantitative estimate of drug-likeness (QED) is 0.708. The van der Waals surface area contributed by atoms with Gasteiger partial charge in [-0.25, -0.2) is 0 Å². The Bertz CT molecular complexity index is 973. The average molecular weight is 347 g/mol. The third-order valence-electron chi connectivity index (χ3n) is 3.15. The highest BCUT2D eigenvalue weighted by Gasteiger charge is 2.16. The first-order valence-corrected chi connectivity index (χ1v) is 8.19. The van der Waals surface area contributed by atoms with Crippen LogP contribution in [0.4, 0.5) is 0 Å². The lowest BCUT2D eigenvalue weighted by molar-refractivity contribution is 0.360. The molecule has 1 aromatic heterocycles. The van der Waals surface area contributed by atoms with Gasteiger partial charge in [-0.05, 0) is 24.3 Å². The molecular formula is C16H13NO6S. The molecule has 0 unspecified atom stereocenters. The van der Waals surface area contributed by atoms with Crippen LogP contribution in [0.1, 0.15) is 0 Å². The van der Waals surface area contributed by atoms with Crippen molar-refractivity contribution in [2.24, 2.45) is 0 Å². The summed E-state index contributed by atoms with van der Waals surface area (Å²) in [6.45, 7) is 0. The van der Waals surface area contributed by atoms with Gasteiger partial charge in [0.15, 0.2) is 11.5 Å². The second-order valence-electron chi connectivity index (χ2n) is 4.76. The fourth-order valence-corrected chi connectivity index (χ4v) is 2.53. The van der Waals surface area contributed by atoms with Crippen LogP contribution in [0.25, 0.3) is 10.9 Å². The van der Waals surface area contributed by atoms with Gasteiger partial charge in [0.25, 0.3) is 0 Å². The maximum absolute atomic E-state index is 10.9. The molecule has 0 spiro atoms. The molecule has 0 saturated carbocycles. The van der Waals surface area contributed by atoms with Crippen LogP contribution in [0.3, 0.4) is 0 Å². The van der Waals surface area contributed by atoms with Crippen molar-refractivity contribution in [3.8, 4) is 23.0 Å². The largest absolute Gasteiger partial charge is 0.493 e. The van der Waals surface area contributed by atoms with Crippen LogP contribution < -0.4 is 13.7 Å². The summed E-state index contributed by atoms with van der Waals surface area (Å²) in [5.74, 6) is 1.10. The third kappa shape index (κ3) is 3.55. The second kappa shape index (κ2) is 6.34. The molecule has 3 aromatic rings. The first-order chi connectivity index (χ1) is 11.5. The Balaban J connectivity index is 2.09. The molecule has 0 saturated heterocycles. The summed E-state index contributed by atoms with van der Waals surface area (Å²) in [5, 5.41) is 0.598. The van der Waals surface area contributed by atoms with E-state index >= 15 is 0 Å². The van der Waals surface area contributed by atoms with Crippen LogP contribution in [-0.2, 0) is 10.4 Å². The zero-order valence-corrected chi connectivity index (χ0v) is 13.4. The molecule has 0 atom stereocenters. The predicted octanol–water partition coefficient (Wildman–Crippen LogP) is 3.22. The van der Waals surface area contributed by atoms with E-state index < -0.39 is 10.4 Å². The van der Waals surface area contributed by atoms with Gasteiger partial charge in [0.05, 0.1) is 12.6 Å². The molecule has 2 aromatic carbocycles. The number of hydrogen-bond acceptors (Lipinski definition) is 6. The molecule has 3 rings (SSSR count). The van der Waals surface area contributed by atoms with Crippen molar-refractivity contribution >= 4 is 21.3 Å². The maximum atomic E-state index is 10.9. The lowest BCUT2D eigenvalue weighted by Crippen LogP contribution is -2.07. The summed E-state index contributed by atoms with van der Waals surface area (Å²) in [7, 11) is -3.32.